The van der Waals surface area contributed by atoms with Crippen molar-refractivity contribution in [1.82, 2.24) is 10.2 Å². The number of carbonyl (C=O) groups excluding carboxylic acids is 1. The molecule has 2 unspecified atom stereocenters. The molecule has 19 heavy (non-hydrogen) atoms. The number of nitrogens with one attached hydrogen (secondary N) is 1. The average Bonchev–Trinajstić information content (AvgIpc) is 2.76. The van der Waals surface area contributed by atoms with Gasteiger partial charge in [0.25, 0.3) is 0 Å². The predicted molar refractivity (Wildman–Crippen MR) is 79.7 cm³/mol. The van der Waals surface area contributed by atoms with Crippen LogP contribution in [0.25, 0.3) is 0 Å². The highest BCUT2D eigenvalue weighted by Crippen LogP contribution is 2.32. The number of aryl methyl sites for hydroxylation is 1. The van der Waals surface area contributed by atoms with Crippen LogP contribution in [0.2, 0.25) is 0 Å². The van der Waals surface area contributed by atoms with Crippen molar-refractivity contribution in [3.8, 4) is 0 Å². The van der Waals surface area contributed by atoms with Crippen molar-refractivity contribution in [3.63, 3.8) is 0 Å². The van der Waals surface area contributed by atoms with E-state index < -0.39 is 5.54 Å². The lowest BCUT2D eigenvalue weighted by molar-refractivity contribution is -0.122. The minimum Gasteiger partial charge on any atom is -0.325 e. The minimum atomic E-state index is -0.402. The zero-order chi connectivity index (χ0) is 13.2. The van der Waals surface area contributed by atoms with Gasteiger partial charge in [-0.3, -0.25) is 4.79 Å². The molecule has 108 valence electrons. The Morgan fingerprint density at radius 3 is 2.84 bits per heavy atom. The number of rotatable bonds is 3. The molecule has 1 amide bonds. The molecule has 0 saturated heterocycles. The molecule has 0 spiro atoms. The van der Waals surface area contributed by atoms with Gasteiger partial charge in [-0.15, -0.1) is 22.6 Å². The third-order valence-electron chi connectivity index (χ3n) is 3.57. The second-order valence-corrected chi connectivity index (χ2v) is 6.21. The fourth-order valence-corrected chi connectivity index (χ4v) is 3.11. The normalized spacial score (nSPS) is 26.6. The van der Waals surface area contributed by atoms with Crippen molar-refractivity contribution in [2.75, 3.05) is 5.32 Å². The quantitative estimate of drug-likeness (QED) is 0.898. The lowest BCUT2D eigenvalue weighted by Gasteiger charge is -2.36. The van der Waals surface area contributed by atoms with E-state index in [9.17, 15) is 4.79 Å². The molecule has 2 atom stereocenters. The van der Waals surface area contributed by atoms with Crippen molar-refractivity contribution >= 4 is 34.8 Å². The van der Waals surface area contributed by atoms with Gasteiger partial charge in [-0.05, 0) is 26.2 Å². The number of aromatic nitrogens is 2. The molecule has 1 saturated carbocycles. The predicted octanol–water partition coefficient (Wildman–Crippen LogP) is 2.37. The van der Waals surface area contributed by atoms with Crippen LogP contribution in [0.5, 0.6) is 0 Å². The number of nitrogens with zero attached hydrogens (tertiary/aromatic N) is 2. The molecule has 7 heteroatoms. The Morgan fingerprint density at radius 1 is 1.53 bits per heavy atom. The molecule has 0 aromatic carbocycles. The summed E-state index contributed by atoms with van der Waals surface area (Å²) in [6, 6.07) is 0. The second kappa shape index (κ2) is 6.63. The number of anilines is 1. The highest BCUT2D eigenvalue weighted by Gasteiger charge is 2.38. The van der Waals surface area contributed by atoms with Gasteiger partial charge < -0.3 is 11.1 Å². The highest BCUT2D eigenvalue weighted by molar-refractivity contribution is 7.15. The highest BCUT2D eigenvalue weighted by atomic mass is 35.5. The first-order valence-electron chi connectivity index (χ1n) is 6.45. The molecule has 1 fully saturated rings. The van der Waals surface area contributed by atoms with Crippen molar-refractivity contribution in [2.45, 2.75) is 51.5 Å². The molecular weight excluding hydrogens is 284 g/mol. The van der Waals surface area contributed by atoms with Gasteiger partial charge in [0, 0.05) is 5.54 Å². The number of halogens is 1. The standard InChI is InChI=1S/C12H20N4OS.ClH/c1-3-9-15-16-11(18-9)14-10(17)8-6-4-5-7-12(8,2)13;/h8H,3-7,13H2,1-2H3,(H,14,16,17);1H. The van der Waals surface area contributed by atoms with Crippen LogP contribution in [0.3, 0.4) is 0 Å². The first kappa shape index (κ1) is 16.3. The van der Waals surface area contributed by atoms with E-state index in [1.807, 2.05) is 13.8 Å². The molecule has 1 aromatic heterocycles. The smallest absolute Gasteiger partial charge is 0.231 e. The van der Waals surface area contributed by atoms with Gasteiger partial charge in [-0.25, -0.2) is 0 Å². The van der Waals surface area contributed by atoms with Crippen LogP contribution in [0.4, 0.5) is 5.13 Å². The summed E-state index contributed by atoms with van der Waals surface area (Å²) in [5, 5.41) is 12.3. The minimum absolute atomic E-state index is 0. The maximum absolute atomic E-state index is 12.2. The Balaban J connectivity index is 0.00000180. The largest absolute Gasteiger partial charge is 0.325 e. The van der Waals surface area contributed by atoms with Gasteiger partial charge >= 0.3 is 0 Å². The molecular formula is C12H21ClN4OS. The number of carbonyl (C=O) groups is 1. The molecule has 0 radical (unpaired) electrons. The van der Waals surface area contributed by atoms with E-state index in [2.05, 4.69) is 15.5 Å². The zero-order valence-electron chi connectivity index (χ0n) is 11.3. The second-order valence-electron chi connectivity index (χ2n) is 5.15. The summed E-state index contributed by atoms with van der Waals surface area (Å²) in [6.07, 6.45) is 4.78. The van der Waals surface area contributed by atoms with Crippen LogP contribution < -0.4 is 11.1 Å². The van der Waals surface area contributed by atoms with Gasteiger partial charge in [-0.1, -0.05) is 31.1 Å². The van der Waals surface area contributed by atoms with E-state index in [-0.39, 0.29) is 24.2 Å². The summed E-state index contributed by atoms with van der Waals surface area (Å²) in [4.78, 5) is 12.2. The Hall–Kier alpha value is -0.720. The maximum Gasteiger partial charge on any atom is 0.231 e. The van der Waals surface area contributed by atoms with Crippen LogP contribution in [-0.2, 0) is 11.2 Å². The van der Waals surface area contributed by atoms with E-state index >= 15 is 0 Å². The zero-order valence-corrected chi connectivity index (χ0v) is 12.9. The third-order valence-corrected chi connectivity index (χ3v) is 4.55. The Kier molecular flexibility index (Phi) is 5.70. The van der Waals surface area contributed by atoms with Crippen LogP contribution in [0.1, 0.15) is 44.5 Å². The molecule has 3 N–H and O–H groups in total. The first-order chi connectivity index (χ1) is 8.53. The van der Waals surface area contributed by atoms with Crippen molar-refractivity contribution < 1.29 is 4.79 Å². The summed E-state index contributed by atoms with van der Waals surface area (Å²) in [5.74, 6) is -0.140. The molecule has 0 bridgehead atoms. The number of nitrogens with two attached hydrogens (primary N) is 1. The number of hydrogen-bond acceptors (Lipinski definition) is 5. The molecule has 1 aliphatic carbocycles. The van der Waals surface area contributed by atoms with Crippen LogP contribution in [0.15, 0.2) is 0 Å². The molecule has 2 rings (SSSR count). The van der Waals surface area contributed by atoms with Gasteiger partial charge in [0.2, 0.25) is 11.0 Å². The van der Waals surface area contributed by atoms with E-state index in [0.717, 1.165) is 37.1 Å². The molecule has 1 aliphatic rings. The van der Waals surface area contributed by atoms with Gasteiger partial charge in [0.1, 0.15) is 5.01 Å². The average molecular weight is 305 g/mol. The molecule has 1 heterocycles. The van der Waals surface area contributed by atoms with Gasteiger partial charge in [0.15, 0.2) is 0 Å². The SMILES string of the molecule is CCc1nnc(NC(=O)C2CCCCC2(C)N)s1.Cl. The fraction of sp³-hybridized carbons (Fsp3) is 0.750. The van der Waals surface area contributed by atoms with E-state index in [4.69, 9.17) is 5.73 Å². The number of hydrogen-bond donors (Lipinski definition) is 2. The van der Waals surface area contributed by atoms with Crippen molar-refractivity contribution in [3.05, 3.63) is 5.01 Å². The Morgan fingerprint density at radius 2 is 2.26 bits per heavy atom. The van der Waals surface area contributed by atoms with E-state index in [0.29, 0.717) is 5.13 Å². The summed E-state index contributed by atoms with van der Waals surface area (Å²) in [5.41, 5.74) is 5.81. The van der Waals surface area contributed by atoms with Gasteiger partial charge in [-0.2, -0.15) is 0 Å². The summed E-state index contributed by atoms with van der Waals surface area (Å²) in [7, 11) is 0. The molecule has 0 aliphatic heterocycles. The Labute approximate surface area is 123 Å². The monoisotopic (exact) mass is 304 g/mol. The van der Waals surface area contributed by atoms with Crippen molar-refractivity contribution in [1.29, 1.82) is 0 Å². The van der Waals surface area contributed by atoms with Crippen LogP contribution in [0, 0.1) is 5.92 Å². The van der Waals surface area contributed by atoms with Crippen LogP contribution in [-0.4, -0.2) is 21.6 Å². The van der Waals surface area contributed by atoms with E-state index in [1.54, 1.807) is 0 Å². The Bertz CT molecular complexity index is 435. The third kappa shape index (κ3) is 3.87. The molecule has 1 aromatic rings. The maximum atomic E-state index is 12.2. The summed E-state index contributed by atoms with van der Waals surface area (Å²) in [6.45, 7) is 3.98. The molecule has 5 nitrogen and oxygen atoms in total. The lowest BCUT2D eigenvalue weighted by atomic mass is 9.74. The topological polar surface area (TPSA) is 80.9 Å². The van der Waals surface area contributed by atoms with Crippen molar-refractivity contribution in [2.24, 2.45) is 11.7 Å². The first-order valence-corrected chi connectivity index (χ1v) is 7.26. The van der Waals surface area contributed by atoms with Gasteiger partial charge in [0.05, 0.1) is 5.92 Å². The summed E-state index contributed by atoms with van der Waals surface area (Å²) >= 11 is 1.43. The van der Waals surface area contributed by atoms with E-state index in [1.165, 1.54) is 11.3 Å². The fourth-order valence-electron chi connectivity index (χ4n) is 2.43. The lowest BCUT2D eigenvalue weighted by Crippen LogP contribution is -2.51. The summed E-state index contributed by atoms with van der Waals surface area (Å²) < 4.78 is 0. The van der Waals surface area contributed by atoms with Crippen LogP contribution >= 0.6 is 23.7 Å². The number of amides is 1.